The van der Waals surface area contributed by atoms with E-state index in [9.17, 15) is 4.79 Å². The molecule has 0 saturated carbocycles. The molecule has 2 rings (SSSR count). The number of piperazine rings is 1. The summed E-state index contributed by atoms with van der Waals surface area (Å²) in [4.78, 5) is 15.6. The molecular weight excluding hydrogens is 242 g/mol. The lowest BCUT2D eigenvalue weighted by Crippen LogP contribution is -2.53. The van der Waals surface area contributed by atoms with Crippen LogP contribution in [0, 0.1) is 0 Å². The van der Waals surface area contributed by atoms with Crippen molar-refractivity contribution in [3.63, 3.8) is 0 Å². The fraction of sp³-hybridized carbons (Fsp3) is 0.500. The van der Waals surface area contributed by atoms with Crippen molar-refractivity contribution in [3.05, 3.63) is 24.3 Å². The zero-order chi connectivity index (χ0) is 13.8. The molecule has 1 unspecified atom stereocenters. The standard InChI is InChI=1S/C14H21N3O2/c1-11(14(15)18)16-7-9-17(10-8-16)12-5-3-4-6-13(12)19-2/h3-6,11H,7-10H2,1-2H3,(H2,15,18). The fourth-order valence-electron chi connectivity index (χ4n) is 2.42. The minimum atomic E-state index is -0.259. The molecule has 0 aromatic heterocycles. The molecule has 1 saturated heterocycles. The average Bonchev–Trinajstić information content (AvgIpc) is 2.46. The van der Waals surface area contributed by atoms with Gasteiger partial charge in [0.15, 0.2) is 0 Å². The summed E-state index contributed by atoms with van der Waals surface area (Å²) in [5.74, 6) is 0.629. The van der Waals surface area contributed by atoms with Gasteiger partial charge in [-0.3, -0.25) is 9.69 Å². The van der Waals surface area contributed by atoms with Gasteiger partial charge in [0.2, 0.25) is 5.91 Å². The smallest absolute Gasteiger partial charge is 0.234 e. The van der Waals surface area contributed by atoms with Crippen molar-refractivity contribution >= 4 is 11.6 Å². The van der Waals surface area contributed by atoms with Gasteiger partial charge in [0.05, 0.1) is 18.8 Å². The Bertz CT molecular complexity index is 442. The van der Waals surface area contributed by atoms with E-state index in [-0.39, 0.29) is 11.9 Å². The first-order chi connectivity index (χ1) is 9.13. The summed E-state index contributed by atoms with van der Waals surface area (Å²) in [7, 11) is 1.68. The van der Waals surface area contributed by atoms with E-state index in [2.05, 4.69) is 15.9 Å². The van der Waals surface area contributed by atoms with Crippen molar-refractivity contribution in [1.29, 1.82) is 0 Å². The zero-order valence-electron chi connectivity index (χ0n) is 11.5. The van der Waals surface area contributed by atoms with Crippen LogP contribution in [0.4, 0.5) is 5.69 Å². The first-order valence-corrected chi connectivity index (χ1v) is 6.55. The Hall–Kier alpha value is -1.75. The van der Waals surface area contributed by atoms with Crippen LogP contribution < -0.4 is 15.4 Å². The number of rotatable bonds is 4. The number of carbonyl (C=O) groups is 1. The molecule has 104 valence electrons. The largest absolute Gasteiger partial charge is 0.495 e. The Labute approximate surface area is 113 Å². The summed E-state index contributed by atoms with van der Waals surface area (Å²) < 4.78 is 5.38. The first-order valence-electron chi connectivity index (χ1n) is 6.55. The van der Waals surface area contributed by atoms with Crippen LogP contribution in [0.1, 0.15) is 6.92 Å². The SMILES string of the molecule is COc1ccccc1N1CCN(C(C)C(N)=O)CC1. The van der Waals surface area contributed by atoms with E-state index >= 15 is 0 Å². The highest BCUT2D eigenvalue weighted by atomic mass is 16.5. The third kappa shape index (κ3) is 2.98. The van der Waals surface area contributed by atoms with Crippen LogP contribution in [0.5, 0.6) is 5.75 Å². The molecular formula is C14H21N3O2. The number of methoxy groups -OCH3 is 1. The van der Waals surface area contributed by atoms with E-state index in [0.29, 0.717) is 0 Å². The van der Waals surface area contributed by atoms with Gasteiger partial charge in [0, 0.05) is 26.2 Å². The van der Waals surface area contributed by atoms with Crippen LogP contribution >= 0.6 is 0 Å². The van der Waals surface area contributed by atoms with Crippen molar-refractivity contribution in [3.8, 4) is 5.75 Å². The van der Waals surface area contributed by atoms with E-state index in [4.69, 9.17) is 10.5 Å². The molecule has 0 radical (unpaired) electrons. The number of para-hydroxylation sites is 2. The lowest BCUT2D eigenvalue weighted by molar-refractivity contribution is -0.122. The molecule has 1 amide bonds. The number of carbonyl (C=O) groups excluding carboxylic acids is 1. The van der Waals surface area contributed by atoms with Gasteiger partial charge in [0.1, 0.15) is 5.75 Å². The zero-order valence-corrected chi connectivity index (χ0v) is 11.5. The Balaban J connectivity index is 2.02. The second kappa shape index (κ2) is 5.93. The topological polar surface area (TPSA) is 58.8 Å². The number of hydrogen-bond donors (Lipinski definition) is 1. The Morgan fingerprint density at radius 1 is 1.26 bits per heavy atom. The minimum absolute atomic E-state index is 0.195. The Kier molecular flexibility index (Phi) is 4.27. The number of primary amides is 1. The van der Waals surface area contributed by atoms with Gasteiger partial charge in [-0.15, -0.1) is 0 Å². The molecule has 0 spiro atoms. The maximum atomic E-state index is 11.2. The van der Waals surface area contributed by atoms with Crippen molar-refractivity contribution in [1.82, 2.24) is 4.90 Å². The maximum Gasteiger partial charge on any atom is 0.234 e. The van der Waals surface area contributed by atoms with Crippen molar-refractivity contribution in [2.24, 2.45) is 5.73 Å². The average molecular weight is 263 g/mol. The molecule has 1 aliphatic rings. The van der Waals surface area contributed by atoms with Crippen LogP contribution in [0.15, 0.2) is 24.3 Å². The van der Waals surface area contributed by atoms with E-state index in [0.717, 1.165) is 37.6 Å². The second-order valence-electron chi connectivity index (χ2n) is 4.77. The monoisotopic (exact) mass is 263 g/mol. The Morgan fingerprint density at radius 2 is 1.89 bits per heavy atom. The minimum Gasteiger partial charge on any atom is -0.495 e. The summed E-state index contributed by atoms with van der Waals surface area (Å²) in [6.45, 7) is 5.28. The van der Waals surface area contributed by atoms with E-state index in [1.54, 1.807) is 7.11 Å². The molecule has 1 aromatic carbocycles. The predicted octanol–water partition coefficient (Wildman–Crippen LogP) is 0.691. The van der Waals surface area contributed by atoms with E-state index < -0.39 is 0 Å². The number of benzene rings is 1. The third-order valence-electron chi connectivity index (χ3n) is 3.70. The summed E-state index contributed by atoms with van der Waals surface area (Å²) >= 11 is 0. The highest BCUT2D eigenvalue weighted by molar-refractivity contribution is 5.79. The highest BCUT2D eigenvalue weighted by Gasteiger charge is 2.25. The molecule has 5 nitrogen and oxygen atoms in total. The number of ether oxygens (including phenoxy) is 1. The van der Waals surface area contributed by atoms with Gasteiger partial charge >= 0.3 is 0 Å². The Morgan fingerprint density at radius 3 is 2.47 bits per heavy atom. The van der Waals surface area contributed by atoms with Gasteiger partial charge in [0.25, 0.3) is 0 Å². The summed E-state index contributed by atoms with van der Waals surface area (Å²) in [6.07, 6.45) is 0. The molecule has 5 heteroatoms. The molecule has 19 heavy (non-hydrogen) atoms. The molecule has 1 aliphatic heterocycles. The van der Waals surface area contributed by atoms with Crippen molar-refractivity contribution in [2.45, 2.75) is 13.0 Å². The summed E-state index contributed by atoms with van der Waals surface area (Å²) in [6, 6.07) is 7.81. The van der Waals surface area contributed by atoms with Crippen molar-refractivity contribution in [2.75, 3.05) is 38.2 Å². The fourth-order valence-corrected chi connectivity index (χ4v) is 2.42. The lowest BCUT2D eigenvalue weighted by Gasteiger charge is -2.38. The number of hydrogen-bond acceptors (Lipinski definition) is 4. The van der Waals surface area contributed by atoms with Crippen LogP contribution in [0.3, 0.4) is 0 Å². The van der Waals surface area contributed by atoms with Crippen LogP contribution in [0.25, 0.3) is 0 Å². The number of amides is 1. The van der Waals surface area contributed by atoms with Crippen LogP contribution in [-0.2, 0) is 4.79 Å². The van der Waals surface area contributed by atoms with Gasteiger partial charge in [-0.2, -0.15) is 0 Å². The highest BCUT2D eigenvalue weighted by Crippen LogP contribution is 2.28. The van der Waals surface area contributed by atoms with E-state index in [1.165, 1.54) is 0 Å². The van der Waals surface area contributed by atoms with E-state index in [1.807, 2.05) is 25.1 Å². The van der Waals surface area contributed by atoms with Gasteiger partial charge in [-0.25, -0.2) is 0 Å². The molecule has 0 aliphatic carbocycles. The molecule has 2 N–H and O–H groups in total. The number of anilines is 1. The van der Waals surface area contributed by atoms with Crippen LogP contribution in [0.2, 0.25) is 0 Å². The lowest BCUT2D eigenvalue weighted by atomic mass is 10.2. The van der Waals surface area contributed by atoms with Crippen molar-refractivity contribution < 1.29 is 9.53 Å². The maximum absolute atomic E-state index is 11.2. The van der Waals surface area contributed by atoms with Gasteiger partial charge in [-0.1, -0.05) is 12.1 Å². The first kappa shape index (κ1) is 13.7. The molecule has 0 bridgehead atoms. The van der Waals surface area contributed by atoms with Crippen LogP contribution in [-0.4, -0.2) is 50.1 Å². The number of nitrogens with zero attached hydrogens (tertiary/aromatic N) is 2. The number of nitrogens with two attached hydrogens (primary N) is 1. The quantitative estimate of drug-likeness (QED) is 0.868. The molecule has 1 aromatic rings. The van der Waals surface area contributed by atoms with Gasteiger partial charge < -0.3 is 15.4 Å². The second-order valence-corrected chi connectivity index (χ2v) is 4.77. The molecule has 1 atom stereocenters. The third-order valence-corrected chi connectivity index (χ3v) is 3.70. The van der Waals surface area contributed by atoms with Gasteiger partial charge in [-0.05, 0) is 19.1 Å². The molecule has 1 fully saturated rings. The summed E-state index contributed by atoms with van der Waals surface area (Å²) in [5.41, 5.74) is 6.45. The molecule has 1 heterocycles. The summed E-state index contributed by atoms with van der Waals surface area (Å²) in [5, 5.41) is 0. The predicted molar refractivity (Wildman–Crippen MR) is 75.4 cm³/mol. The normalized spacial score (nSPS) is 18.1.